The Morgan fingerprint density at radius 3 is 2.62 bits per heavy atom. The van der Waals surface area contributed by atoms with Gasteiger partial charge in [-0.05, 0) is 44.0 Å². The summed E-state index contributed by atoms with van der Waals surface area (Å²) in [6, 6.07) is 5.97. The number of carbonyl (C=O) groups excluding carboxylic acids is 2. The number of thiazole rings is 1. The summed E-state index contributed by atoms with van der Waals surface area (Å²) < 4.78 is 32.2. The molecule has 2 aliphatic rings. The predicted molar refractivity (Wildman–Crippen MR) is 120 cm³/mol. The number of rotatable bonds is 4. The van der Waals surface area contributed by atoms with Crippen LogP contribution in [0, 0.1) is 0 Å². The summed E-state index contributed by atoms with van der Waals surface area (Å²) >= 11 is 1.32. The Labute approximate surface area is 191 Å². The Morgan fingerprint density at radius 2 is 1.94 bits per heavy atom. The van der Waals surface area contributed by atoms with Crippen LogP contribution in [0.25, 0.3) is 0 Å². The van der Waals surface area contributed by atoms with E-state index in [-0.39, 0.29) is 22.9 Å². The van der Waals surface area contributed by atoms with Gasteiger partial charge in [-0.2, -0.15) is 4.31 Å². The van der Waals surface area contributed by atoms with Gasteiger partial charge in [0.2, 0.25) is 10.0 Å². The number of piperidine rings is 1. The number of hydrogen-bond acceptors (Lipinski definition) is 7. The predicted octanol–water partition coefficient (Wildman–Crippen LogP) is 3.08. The second kappa shape index (κ2) is 9.16. The molecule has 0 radical (unpaired) electrons. The molecule has 3 heterocycles. The van der Waals surface area contributed by atoms with Gasteiger partial charge in [-0.1, -0.05) is 17.8 Å². The maximum Gasteiger partial charge on any atom is 0.409 e. The summed E-state index contributed by atoms with van der Waals surface area (Å²) in [4.78, 5) is 31.6. The van der Waals surface area contributed by atoms with Crippen LogP contribution in [0.5, 0.6) is 0 Å². The number of sulfonamides is 1. The number of hydrogen-bond donors (Lipinski definition) is 1. The SMILES string of the molecule is COC(=O)N1CCc2nc(NC(=O)c3ccc(S(=O)(=O)N4CCCCC4C)cc3)sc2C1. The third-order valence-electron chi connectivity index (χ3n) is 5.85. The summed E-state index contributed by atoms with van der Waals surface area (Å²) in [6.45, 7) is 3.36. The van der Waals surface area contributed by atoms with Crippen LogP contribution < -0.4 is 5.32 Å². The van der Waals surface area contributed by atoms with Crippen molar-refractivity contribution in [1.29, 1.82) is 0 Å². The molecule has 1 unspecified atom stereocenters. The van der Waals surface area contributed by atoms with Crippen molar-refractivity contribution in [2.45, 2.75) is 50.1 Å². The summed E-state index contributed by atoms with van der Waals surface area (Å²) in [7, 11) is -2.23. The van der Waals surface area contributed by atoms with Crippen LogP contribution in [-0.4, -0.2) is 60.8 Å². The van der Waals surface area contributed by atoms with Gasteiger partial charge in [0, 0.05) is 36.0 Å². The van der Waals surface area contributed by atoms with Gasteiger partial charge in [-0.3, -0.25) is 10.1 Å². The third-order valence-corrected chi connectivity index (χ3v) is 8.88. The van der Waals surface area contributed by atoms with E-state index in [1.807, 2.05) is 6.92 Å². The highest BCUT2D eigenvalue weighted by molar-refractivity contribution is 7.89. The molecule has 1 aromatic carbocycles. The van der Waals surface area contributed by atoms with Gasteiger partial charge in [-0.15, -0.1) is 0 Å². The van der Waals surface area contributed by atoms with Crippen molar-refractivity contribution in [2.75, 3.05) is 25.5 Å². The number of aromatic nitrogens is 1. The fourth-order valence-corrected chi connectivity index (χ4v) is 6.76. The first-order valence-electron chi connectivity index (χ1n) is 10.5. The standard InChI is InChI=1S/C21H26N4O5S2/c1-14-5-3-4-11-25(14)32(28,29)16-8-6-15(7-9-16)19(26)23-20-22-17-10-12-24(21(27)30-2)13-18(17)31-20/h6-9,14H,3-5,10-13H2,1-2H3,(H,22,23,26). The van der Waals surface area contributed by atoms with Crippen molar-refractivity contribution in [3.8, 4) is 0 Å². The molecule has 2 aliphatic heterocycles. The molecule has 0 saturated carbocycles. The van der Waals surface area contributed by atoms with Gasteiger partial charge in [0.15, 0.2) is 5.13 Å². The number of fused-ring (bicyclic) bond motifs is 1. The number of amides is 2. The lowest BCUT2D eigenvalue weighted by molar-refractivity contribution is 0.102. The van der Waals surface area contributed by atoms with E-state index in [9.17, 15) is 18.0 Å². The van der Waals surface area contributed by atoms with E-state index in [1.54, 1.807) is 9.21 Å². The van der Waals surface area contributed by atoms with Crippen molar-refractivity contribution >= 4 is 38.5 Å². The van der Waals surface area contributed by atoms with E-state index in [1.165, 1.54) is 42.7 Å². The molecule has 2 aromatic rings. The fraction of sp³-hybridized carbons (Fsp3) is 0.476. The van der Waals surface area contributed by atoms with Gasteiger partial charge in [0.05, 0.1) is 24.2 Å². The first-order chi connectivity index (χ1) is 15.3. The van der Waals surface area contributed by atoms with Crippen molar-refractivity contribution in [2.24, 2.45) is 0 Å². The Kier molecular flexibility index (Phi) is 6.50. The highest BCUT2D eigenvalue weighted by Crippen LogP contribution is 2.29. The van der Waals surface area contributed by atoms with E-state index >= 15 is 0 Å². The number of anilines is 1. The summed E-state index contributed by atoms with van der Waals surface area (Å²) in [5, 5.41) is 3.23. The molecule has 0 bridgehead atoms. The highest BCUT2D eigenvalue weighted by Gasteiger charge is 2.31. The Morgan fingerprint density at radius 1 is 1.19 bits per heavy atom. The van der Waals surface area contributed by atoms with Crippen LogP contribution in [0.3, 0.4) is 0 Å². The van der Waals surface area contributed by atoms with Gasteiger partial charge in [0.25, 0.3) is 5.91 Å². The molecular formula is C21H26N4O5S2. The number of nitrogens with one attached hydrogen (secondary N) is 1. The molecular weight excluding hydrogens is 452 g/mol. The lowest BCUT2D eigenvalue weighted by atomic mass is 10.1. The van der Waals surface area contributed by atoms with Crippen molar-refractivity contribution < 1.29 is 22.7 Å². The van der Waals surface area contributed by atoms with Crippen molar-refractivity contribution in [1.82, 2.24) is 14.2 Å². The number of ether oxygens (including phenoxy) is 1. The smallest absolute Gasteiger partial charge is 0.409 e. The minimum atomic E-state index is -3.58. The maximum atomic E-state index is 13.0. The molecule has 1 fully saturated rings. The molecule has 172 valence electrons. The van der Waals surface area contributed by atoms with Gasteiger partial charge in [0.1, 0.15) is 0 Å². The molecule has 1 aromatic heterocycles. The zero-order valence-corrected chi connectivity index (χ0v) is 19.7. The van der Waals surface area contributed by atoms with Crippen LogP contribution in [0.15, 0.2) is 29.2 Å². The van der Waals surface area contributed by atoms with Crippen LogP contribution in [0.4, 0.5) is 9.93 Å². The summed E-state index contributed by atoms with van der Waals surface area (Å²) in [5.41, 5.74) is 1.21. The molecule has 1 saturated heterocycles. The first kappa shape index (κ1) is 22.7. The zero-order chi connectivity index (χ0) is 22.9. The van der Waals surface area contributed by atoms with E-state index < -0.39 is 10.0 Å². The van der Waals surface area contributed by atoms with E-state index in [2.05, 4.69) is 10.3 Å². The number of carbonyl (C=O) groups is 2. The number of methoxy groups -OCH3 is 1. The van der Waals surface area contributed by atoms with E-state index in [0.29, 0.717) is 36.8 Å². The molecule has 4 rings (SSSR count). The van der Waals surface area contributed by atoms with E-state index in [4.69, 9.17) is 4.74 Å². The lowest BCUT2D eigenvalue weighted by Gasteiger charge is -2.32. The molecule has 2 amide bonds. The largest absolute Gasteiger partial charge is 0.453 e. The average molecular weight is 479 g/mol. The average Bonchev–Trinajstić information content (AvgIpc) is 3.20. The maximum absolute atomic E-state index is 13.0. The summed E-state index contributed by atoms with van der Waals surface area (Å²) in [6.07, 6.45) is 2.96. The fourth-order valence-electron chi connectivity index (χ4n) is 4.05. The monoisotopic (exact) mass is 478 g/mol. The number of nitrogens with zero attached hydrogens (tertiary/aromatic N) is 3. The second-order valence-electron chi connectivity index (χ2n) is 7.97. The second-order valence-corrected chi connectivity index (χ2v) is 10.9. The minimum Gasteiger partial charge on any atom is -0.453 e. The Bertz CT molecular complexity index is 1110. The Hall–Kier alpha value is -2.50. The van der Waals surface area contributed by atoms with Gasteiger partial charge >= 0.3 is 6.09 Å². The third kappa shape index (κ3) is 4.50. The van der Waals surface area contributed by atoms with Crippen LogP contribution >= 0.6 is 11.3 Å². The van der Waals surface area contributed by atoms with Crippen LogP contribution in [0.2, 0.25) is 0 Å². The van der Waals surface area contributed by atoms with Gasteiger partial charge in [-0.25, -0.2) is 18.2 Å². The normalized spacial score (nSPS) is 19.3. The highest BCUT2D eigenvalue weighted by atomic mass is 32.2. The lowest BCUT2D eigenvalue weighted by Crippen LogP contribution is -2.41. The van der Waals surface area contributed by atoms with Crippen molar-refractivity contribution in [3.63, 3.8) is 0 Å². The Balaban J connectivity index is 1.44. The quantitative estimate of drug-likeness (QED) is 0.723. The van der Waals surface area contributed by atoms with Crippen LogP contribution in [0.1, 0.15) is 47.1 Å². The molecule has 32 heavy (non-hydrogen) atoms. The number of benzene rings is 1. The topological polar surface area (TPSA) is 109 Å². The molecule has 11 heteroatoms. The molecule has 9 nitrogen and oxygen atoms in total. The first-order valence-corrected chi connectivity index (χ1v) is 12.8. The molecule has 1 atom stereocenters. The van der Waals surface area contributed by atoms with Crippen molar-refractivity contribution in [3.05, 3.63) is 40.4 Å². The zero-order valence-electron chi connectivity index (χ0n) is 18.0. The summed E-state index contributed by atoms with van der Waals surface area (Å²) in [5.74, 6) is -0.365. The minimum absolute atomic E-state index is 0.0252. The van der Waals surface area contributed by atoms with Crippen LogP contribution in [-0.2, 0) is 27.7 Å². The molecule has 0 spiro atoms. The molecule has 0 aliphatic carbocycles. The van der Waals surface area contributed by atoms with E-state index in [0.717, 1.165) is 29.8 Å². The molecule has 1 N–H and O–H groups in total. The van der Waals surface area contributed by atoms with Gasteiger partial charge < -0.3 is 9.64 Å².